The van der Waals surface area contributed by atoms with Crippen LogP contribution in [0.25, 0.3) is 84.5 Å². The maximum atomic E-state index is 7.06. The van der Waals surface area contributed by atoms with E-state index in [-0.39, 0.29) is 0 Å². The van der Waals surface area contributed by atoms with Gasteiger partial charge in [0, 0.05) is 21.7 Å². The van der Waals surface area contributed by atoms with Crippen molar-refractivity contribution in [3.05, 3.63) is 323 Å². The van der Waals surface area contributed by atoms with Gasteiger partial charge in [-0.05, 0) is 160 Å². The van der Waals surface area contributed by atoms with Crippen molar-refractivity contribution in [1.29, 1.82) is 0 Å². The van der Waals surface area contributed by atoms with Crippen LogP contribution in [-0.4, -0.2) is 10.3 Å². The Bertz CT molecular complexity index is 4260. The molecule has 0 saturated carbocycles. The van der Waals surface area contributed by atoms with Crippen LogP contribution in [0.15, 0.2) is 290 Å². The topological polar surface area (TPSA) is 26.5 Å². The van der Waals surface area contributed by atoms with Crippen LogP contribution < -0.4 is 15.3 Å². The normalized spacial score (nSPS) is 15.9. The van der Waals surface area contributed by atoms with E-state index in [1.54, 1.807) is 0 Å². The number of fused-ring (bicyclic) bond motifs is 6. The predicted octanol–water partition coefficient (Wildman–Crippen LogP) is 19.5. The number of aryl methyl sites for hydroxylation is 1. The molecule has 0 bridgehead atoms. The molecule has 0 aliphatic heterocycles. The van der Waals surface area contributed by atoms with E-state index in [0.717, 1.165) is 109 Å². The third-order valence-electron chi connectivity index (χ3n) is 15.5. The lowest BCUT2D eigenvalue weighted by Crippen LogP contribution is -2.29. The Kier molecular flexibility index (Phi) is 16.6. The molecular formula is C79H68N2O. The summed E-state index contributed by atoms with van der Waals surface area (Å²) < 4.78 is 9.52. The van der Waals surface area contributed by atoms with Crippen LogP contribution in [0.5, 0.6) is 5.75 Å². The maximum Gasteiger partial charge on any atom is 0.149 e. The van der Waals surface area contributed by atoms with E-state index < -0.39 is 0 Å². The van der Waals surface area contributed by atoms with Crippen molar-refractivity contribution in [2.75, 3.05) is 0 Å². The summed E-state index contributed by atoms with van der Waals surface area (Å²) in [5.74, 6) is 1.37. The van der Waals surface area contributed by atoms with E-state index in [0.29, 0.717) is 17.2 Å². The predicted molar refractivity (Wildman–Crippen MR) is 351 cm³/mol. The number of allylic oxidation sites excluding steroid dienone is 15. The van der Waals surface area contributed by atoms with E-state index in [4.69, 9.17) is 22.9 Å². The Morgan fingerprint density at radius 1 is 0.561 bits per heavy atom. The smallest absolute Gasteiger partial charge is 0.149 e. The summed E-state index contributed by atoms with van der Waals surface area (Å²) in [6.07, 6.45) is 32.2. The average molecular weight is 1060 g/mol. The molecule has 8 aromatic carbocycles. The van der Waals surface area contributed by atoms with Gasteiger partial charge in [0.2, 0.25) is 0 Å². The number of aliphatic imine (C=N–C) groups is 1. The van der Waals surface area contributed by atoms with Gasteiger partial charge < -0.3 is 9.30 Å². The van der Waals surface area contributed by atoms with Gasteiger partial charge >= 0.3 is 0 Å². The molecule has 82 heavy (non-hydrogen) atoms. The molecule has 3 aliphatic carbocycles. The first kappa shape index (κ1) is 54.1. The Balaban J connectivity index is 0.00000349. The number of rotatable bonds is 11. The summed E-state index contributed by atoms with van der Waals surface area (Å²) in [6, 6.07) is 67.0. The Hall–Kier alpha value is -9.83. The van der Waals surface area contributed by atoms with Crippen LogP contribution in [0.3, 0.4) is 0 Å². The maximum absolute atomic E-state index is 7.06. The summed E-state index contributed by atoms with van der Waals surface area (Å²) in [6.45, 7) is 17.9. The number of nitrogens with zero attached hydrogens (tertiary/aromatic N) is 2. The third kappa shape index (κ3) is 11.5. The van der Waals surface area contributed by atoms with Crippen molar-refractivity contribution < 1.29 is 4.74 Å². The summed E-state index contributed by atoms with van der Waals surface area (Å²) >= 11 is 0. The van der Waals surface area contributed by atoms with Crippen LogP contribution in [0.1, 0.15) is 67.9 Å². The number of ether oxygens (including phenoxy) is 1. The van der Waals surface area contributed by atoms with Gasteiger partial charge in [0.05, 0.1) is 22.3 Å². The van der Waals surface area contributed by atoms with Crippen molar-refractivity contribution in [2.24, 2.45) is 4.99 Å². The quantitative estimate of drug-likeness (QED) is 0.0937. The molecule has 0 amide bonds. The second-order valence-corrected chi connectivity index (χ2v) is 20.5. The van der Waals surface area contributed by atoms with Crippen LogP contribution in [0.2, 0.25) is 0 Å². The van der Waals surface area contributed by atoms with Crippen molar-refractivity contribution in [2.45, 2.75) is 53.4 Å². The van der Waals surface area contributed by atoms with Gasteiger partial charge in [-0.3, -0.25) is 0 Å². The standard InChI is InChI=1S/C77H62N2O.C2H6/c1-5-75(80-76-48-45-64(49-54(76)3)58-30-17-10-18-31-58)77(63-41-39-61(40-42-63)57-28-15-9-16-29-57)78-55(4)69-51-70-66-37-23-22-35-62(66)34-21-8-12-25-53(2)68(70)52-74(69)79-72-38-24-36-60(56-26-13-6-7-14-27-56)43-46-67(72)71-50-65(44-47-73(71)79)59-32-19-11-20-33-59;1-2/h5-13,15-23,25-33,35-42,44-52H,2,4,14,24,34,43H2,1,3H3;1-2H3/b21-8-,25-12-,60-36+,67-46?,72-38+,75-5+,78-77?;. The second-order valence-electron chi connectivity index (χ2n) is 20.5. The van der Waals surface area contributed by atoms with Gasteiger partial charge in [0.15, 0.2) is 0 Å². The molecule has 400 valence electrons. The van der Waals surface area contributed by atoms with Crippen molar-refractivity contribution in [3.63, 3.8) is 0 Å². The zero-order chi connectivity index (χ0) is 56.4. The zero-order valence-electron chi connectivity index (χ0n) is 47.4. The van der Waals surface area contributed by atoms with E-state index >= 15 is 0 Å². The summed E-state index contributed by atoms with van der Waals surface area (Å²) in [7, 11) is 0. The molecule has 1 aromatic heterocycles. The summed E-state index contributed by atoms with van der Waals surface area (Å²) in [5.41, 5.74) is 21.0. The number of hydrogen-bond acceptors (Lipinski definition) is 2. The molecule has 0 N–H and O–H groups in total. The molecule has 3 nitrogen and oxygen atoms in total. The lowest BCUT2D eigenvalue weighted by molar-refractivity contribution is 0.450. The Labute approximate surface area is 484 Å². The van der Waals surface area contributed by atoms with Gasteiger partial charge in [-0.1, -0.05) is 252 Å². The molecule has 3 heteroatoms. The fraction of sp³-hybridized carbons (Fsp3) is 0.101. The summed E-state index contributed by atoms with van der Waals surface area (Å²) in [5, 5.41) is 3.50. The number of aromatic nitrogens is 1. The van der Waals surface area contributed by atoms with E-state index in [9.17, 15) is 0 Å². The van der Waals surface area contributed by atoms with E-state index in [2.05, 4.69) is 266 Å². The molecule has 1 heterocycles. The van der Waals surface area contributed by atoms with Crippen molar-refractivity contribution in [1.82, 2.24) is 4.57 Å². The molecule has 0 atom stereocenters. The second kappa shape index (κ2) is 25.1. The van der Waals surface area contributed by atoms with Crippen molar-refractivity contribution >= 4 is 40.0 Å². The highest BCUT2D eigenvalue weighted by Gasteiger charge is 2.24. The zero-order valence-corrected chi connectivity index (χ0v) is 47.4. The van der Waals surface area contributed by atoms with Gasteiger partial charge in [0.25, 0.3) is 0 Å². The highest BCUT2D eigenvalue weighted by molar-refractivity contribution is 6.14. The van der Waals surface area contributed by atoms with Gasteiger partial charge in [-0.2, -0.15) is 0 Å². The summed E-state index contributed by atoms with van der Waals surface area (Å²) in [4.78, 5) is 5.72. The van der Waals surface area contributed by atoms with Crippen LogP contribution >= 0.6 is 0 Å². The molecule has 0 saturated heterocycles. The van der Waals surface area contributed by atoms with Crippen LogP contribution in [-0.2, 0) is 6.42 Å². The molecule has 9 aromatic rings. The minimum Gasteiger partial charge on any atom is -0.455 e. The van der Waals surface area contributed by atoms with Gasteiger partial charge in [-0.15, -0.1) is 0 Å². The minimum absolute atomic E-state index is 0.592. The molecule has 0 unspecified atom stereocenters. The molecule has 0 fully saturated rings. The van der Waals surface area contributed by atoms with Gasteiger partial charge in [0.1, 0.15) is 17.2 Å². The fourth-order valence-electron chi connectivity index (χ4n) is 11.3. The lowest BCUT2D eigenvalue weighted by atomic mass is 9.87. The van der Waals surface area contributed by atoms with E-state index in [1.165, 1.54) is 38.4 Å². The fourth-order valence-corrected chi connectivity index (χ4v) is 11.3. The first-order chi connectivity index (χ1) is 40.4. The lowest BCUT2D eigenvalue weighted by Gasteiger charge is -2.22. The minimum atomic E-state index is 0.592. The van der Waals surface area contributed by atoms with Crippen LogP contribution in [0, 0.1) is 6.92 Å². The average Bonchev–Trinajstić information content (AvgIpc) is 3.06. The SMILES string of the molecule is C=C1/C=C\C=C/Cc2ccccc2-c2cc(C(=C)N=C(/C(=C\C)Oc3ccc(-c4ccccc4)cc3C)c3ccc(-c4ccccc4)cc3)c(-n3/c4c(c5cc(-c6ccccc6)ccc53)=CC/C(C3=CCC=CC=C3)=C\C\C=4)cc21.CC. The first-order valence-electron chi connectivity index (χ1n) is 28.7. The largest absolute Gasteiger partial charge is 0.455 e. The number of benzene rings is 8. The molecule has 12 rings (SSSR count). The molecule has 0 spiro atoms. The molecule has 0 radical (unpaired) electrons. The monoisotopic (exact) mass is 1060 g/mol. The molecule has 3 aliphatic rings. The van der Waals surface area contributed by atoms with Gasteiger partial charge in [-0.25, -0.2) is 4.99 Å². The number of hydrogen-bond donors (Lipinski definition) is 0. The third-order valence-corrected chi connectivity index (χ3v) is 15.5. The highest BCUT2D eigenvalue weighted by Crippen LogP contribution is 2.40. The van der Waals surface area contributed by atoms with Crippen molar-refractivity contribution in [3.8, 4) is 55.9 Å². The molecular weight excluding hydrogens is 993 g/mol. The highest BCUT2D eigenvalue weighted by atomic mass is 16.5. The van der Waals surface area contributed by atoms with Crippen LogP contribution in [0.4, 0.5) is 0 Å². The Morgan fingerprint density at radius 3 is 1.91 bits per heavy atom. The Morgan fingerprint density at radius 2 is 1.20 bits per heavy atom. The first-order valence-corrected chi connectivity index (χ1v) is 28.7. The van der Waals surface area contributed by atoms with E-state index in [1.807, 2.05) is 32.9 Å².